The molecule has 23 heavy (non-hydrogen) atoms. The smallest absolute Gasteiger partial charge is 0.248 e. The Morgan fingerprint density at radius 2 is 1.87 bits per heavy atom. The first-order chi connectivity index (χ1) is 10.9. The third-order valence-corrected chi connectivity index (χ3v) is 5.65. The Morgan fingerprint density at radius 3 is 2.52 bits per heavy atom. The van der Waals surface area contributed by atoms with E-state index in [9.17, 15) is 13.2 Å². The van der Waals surface area contributed by atoms with Gasteiger partial charge in [0.15, 0.2) is 0 Å². The topological polar surface area (TPSA) is 89.3 Å². The fourth-order valence-corrected chi connectivity index (χ4v) is 4.21. The van der Waals surface area contributed by atoms with Crippen LogP contribution < -0.4 is 10.5 Å². The number of carbonyl (C=O) groups excluding carboxylic acids is 1. The Bertz CT molecular complexity index is 863. The number of sulfonamides is 1. The number of nitrogens with one attached hydrogen (secondary N) is 1. The Balaban J connectivity index is 1.84. The molecule has 2 aromatic carbocycles. The Kier molecular flexibility index (Phi) is 4.14. The number of primary amides is 1. The first-order valence-corrected chi connectivity index (χ1v) is 8.93. The summed E-state index contributed by atoms with van der Waals surface area (Å²) in [5, 5.41) is 0.647. The van der Waals surface area contributed by atoms with Gasteiger partial charge in [0.05, 0.1) is 4.90 Å². The molecule has 0 saturated carbocycles. The van der Waals surface area contributed by atoms with Crippen LogP contribution in [0, 0.1) is 0 Å². The monoisotopic (exact) mass is 350 g/mol. The van der Waals surface area contributed by atoms with Gasteiger partial charge in [-0.05, 0) is 60.4 Å². The predicted molar refractivity (Wildman–Crippen MR) is 87.8 cm³/mol. The average molecular weight is 351 g/mol. The maximum absolute atomic E-state index is 12.5. The number of aryl methyl sites for hydroxylation is 1. The summed E-state index contributed by atoms with van der Waals surface area (Å²) in [6.07, 6.45) is 1.47. The quantitative estimate of drug-likeness (QED) is 0.887. The van der Waals surface area contributed by atoms with Gasteiger partial charge in [-0.15, -0.1) is 0 Å². The molecule has 1 atom stereocenters. The molecular weight excluding hydrogens is 336 g/mol. The van der Waals surface area contributed by atoms with Gasteiger partial charge in [0.2, 0.25) is 15.9 Å². The molecule has 0 bridgehead atoms. The number of amides is 1. The SMILES string of the molecule is NC(=O)c1ccc(S(=O)(=O)N[C@@H]2CCc3cc(Cl)ccc32)cc1. The second-order valence-corrected chi connectivity index (χ2v) is 7.59. The second-order valence-electron chi connectivity index (χ2n) is 5.44. The van der Waals surface area contributed by atoms with E-state index in [0.717, 1.165) is 17.5 Å². The molecule has 1 aliphatic rings. The van der Waals surface area contributed by atoms with Crippen LogP contribution in [0.2, 0.25) is 5.02 Å². The highest BCUT2D eigenvalue weighted by molar-refractivity contribution is 7.89. The highest BCUT2D eigenvalue weighted by atomic mass is 35.5. The molecule has 0 aliphatic heterocycles. The first kappa shape index (κ1) is 16.0. The zero-order valence-electron chi connectivity index (χ0n) is 12.1. The van der Waals surface area contributed by atoms with Crippen LogP contribution in [0.15, 0.2) is 47.4 Å². The van der Waals surface area contributed by atoms with Crippen LogP contribution in [0.4, 0.5) is 0 Å². The molecule has 5 nitrogen and oxygen atoms in total. The van der Waals surface area contributed by atoms with Gasteiger partial charge in [-0.2, -0.15) is 0 Å². The van der Waals surface area contributed by atoms with E-state index in [1.807, 2.05) is 12.1 Å². The maximum atomic E-state index is 12.5. The summed E-state index contributed by atoms with van der Waals surface area (Å²) in [6, 6.07) is 10.8. The molecule has 0 unspecified atom stereocenters. The van der Waals surface area contributed by atoms with E-state index in [4.69, 9.17) is 17.3 Å². The maximum Gasteiger partial charge on any atom is 0.248 e. The lowest BCUT2D eigenvalue weighted by molar-refractivity contribution is 0.1000. The predicted octanol–water partition coefficient (Wildman–Crippen LogP) is 2.40. The molecule has 3 rings (SSSR count). The highest BCUT2D eigenvalue weighted by Crippen LogP contribution is 2.33. The van der Waals surface area contributed by atoms with Gasteiger partial charge >= 0.3 is 0 Å². The van der Waals surface area contributed by atoms with Gasteiger partial charge < -0.3 is 5.73 Å². The van der Waals surface area contributed by atoms with Gasteiger partial charge in [0.25, 0.3) is 0 Å². The lowest BCUT2D eigenvalue weighted by Crippen LogP contribution is -2.27. The third kappa shape index (κ3) is 3.24. The van der Waals surface area contributed by atoms with Crippen molar-refractivity contribution in [2.75, 3.05) is 0 Å². The normalized spacial score (nSPS) is 17.0. The average Bonchev–Trinajstić information content (AvgIpc) is 2.89. The number of hydrogen-bond acceptors (Lipinski definition) is 3. The lowest BCUT2D eigenvalue weighted by atomic mass is 10.1. The molecule has 0 saturated heterocycles. The molecule has 0 aromatic heterocycles. The van der Waals surface area contributed by atoms with Crippen LogP contribution in [-0.4, -0.2) is 14.3 Å². The molecule has 7 heteroatoms. The van der Waals surface area contributed by atoms with Crippen LogP contribution in [0.3, 0.4) is 0 Å². The Morgan fingerprint density at radius 1 is 1.17 bits per heavy atom. The van der Waals surface area contributed by atoms with Crippen LogP contribution in [0.5, 0.6) is 0 Å². The van der Waals surface area contributed by atoms with Crippen molar-refractivity contribution in [1.29, 1.82) is 0 Å². The minimum Gasteiger partial charge on any atom is -0.366 e. The first-order valence-electron chi connectivity index (χ1n) is 7.07. The molecule has 0 spiro atoms. The van der Waals surface area contributed by atoms with Crippen molar-refractivity contribution < 1.29 is 13.2 Å². The van der Waals surface area contributed by atoms with E-state index in [-0.39, 0.29) is 16.5 Å². The zero-order valence-corrected chi connectivity index (χ0v) is 13.7. The second kappa shape index (κ2) is 5.96. The molecule has 120 valence electrons. The lowest BCUT2D eigenvalue weighted by Gasteiger charge is -2.14. The number of carbonyl (C=O) groups is 1. The number of rotatable bonds is 4. The number of benzene rings is 2. The van der Waals surface area contributed by atoms with Crippen molar-refractivity contribution >= 4 is 27.5 Å². The summed E-state index contributed by atoms with van der Waals surface area (Å²) in [5.41, 5.74) is 7.44. The van der Waals surface area contributed by atoms with Gasteiger partial charge in [0, 0.05) is 16.6 Å². The summed E-state index contributed by atoms with van der Waals surface area (Å²) in [6.45, 7) is 0. The highest BCUT2D eigenvalue weighted by Gasteiger charge is 2.27. The Labute approximate surface area is 139 Å². The van der Waals surface area contributed by atoms with E-state index in [0.29, 0.717) is 11.4 Å². The van der Waals surface area contributed by atoms with E-state index in [2.05, 4.69) is 4.72 Å². The largest absolute Gasteiger partial charge is 0.366 e. The van der Waals surface area contributed by atoms with Gasteiger partial charge in [-0.1, -0.05) is 17.7 Å². The summed E-state index contributed by atoms with van der Waals surface area (Å²) < 4.78 is 27.7. The minimum absolute atomic E-state index is 0.102. The Hall–Kier alpha value is -1.89. The van der Waals surface area contributed by atoms with E-state index in [1.54, 1.807) is 6.07 Å². The van der Waals surface area contributed by atoms with Crippen molar-refractivity contribution in [3.05, 3.63) is 64.2 Å². The van der Waals surface area contributed by atoms with E-state index < -0.39 is 15.9 Å². The number of fused-ring (bicyclic) bond motifs is 1. The van der Waals surface area contributed by atoms with Gasteiger partial charge in [-0.3, -0.25) is 4.79 Å². The van der Waals surface area contributed by atoms with Crippen LogP contribution >= 0.6 is 11.6 Å². The van der Waals surface area contributed by atoms with Gasteiger partial charge in [-0.25, -0.2) is 13.1 Å². The van der Waals surface area contributed by atoms with Crippen LogP contribution in [0.25, 0.3) is 0 Å². The molecule has 0 fully saturated rings. The number of nitrogens with two attached hydrogens (primary N) is 1. The van der Waals surface area contributed by atoms with Crippen molar-refractivity contribution in [1.82, 2.24) is 4.72 Å². The summed E-state index contributed by atoms with van der Waals surface area (Å²) in [4.78, 5) is 11.2. The molecule has 0 radical (unpaired) electrons. The molecule has 1 amide bonds. The van der Waals surface area contributed by atoms with Crippen molar-refractivity contribution in [2.45, 2.75) is 23.8 Å². The summed E-state index contributed by atoms with van der Waals surface area (Å²) >= 11 is 5.96. The molecule has 2 aromatic rings. The van der Waals surface area contributed by atoms with Crippen LogP contribution in [-0.2, 0) is 16.4 Å². The molecule has 3 N–H and O–H groups in total. The number of hydrogen-bond donors (Lipinski definition) is 2. The molecule has 0 heterocycles. The van der Waals surface area contributed by atoms with E-state index >= 15 is 0 Å². The van der Waals surface area contributed by atoms with Crippen LogP contribution in [0.1, 0.15) is 33.9 Å². The standard InChI is InChI=1S/C16H15ClN2O3S/c17-12-4-7-14-11(9-12)3-8-15(14)19-23(21,22)13-5-1-10(2-6-13)16(18)20/h1-2,4-7,9,15,19H,3,8H2,(H2,18,20)/t15-/m1/s1. The minimum atomic E-state index is -3.67. The zero-order chi connectivity index (χ0) is 16.6. The van der Waals surface area contributed by atoms with Crippen molar-refractivity contribution in [2.24, 2.45) is 5.73 Å². The molecule has 1 aliphatic carbocycles. The van der Waals surface area contributed by atoms with E-state index in [1.165, 1.54) is 24.3 Å². The fraction of sp³-hybridized carbons (Fsp3) is 0.188. The van der Waals surface area contributed by atoms with Crippen molar-refractivity contribution in [3.8, 4) is 0 Å². The third-order valence-electron chi connectivity index (χ3n) is 3.93. The van der Waals surface area contributed by atoms with Crippen molar-refractivity contribution in [3.63, 3.8) is 0 Å². The fourth-order valence-electron chi connectivity index (χ4n) is 2.76. The van der Waals surface area contributed by atoms with Gasteiger partial charge in [0.1, 0.15) is 0 Å². The number of halogens is 1. The molecular formula is C16H15ClN2O3S. The summed E-state index contributed by atoms with van der Waals surface area (Å²) in [5.74, 6) is -0.594. The summed E-state index contributed by atoms with van der Waals surface area (Å²) in [7, 11) is -3.67.